The number of primary amides is 1. The Kier molecular flexibility index (Phi) is 7.56. The van der Waals surface area contributed by atoms with Crippen LogP contribution in [0.1, 0.15) is 33.7 Å². The van der Waals surface area contributed by atoms with Crippen molar-refractivity contribution in [1.29, 1.82) is 5.26 Å². The van der Waals surface area contributed by atoms with Crippen LogP contribution in [0.5, 0.6) is 5.75 Å². The van der Waals surface area contributed by atoms with Crippen molar-refractivity contribution in [3.05, 3.63) is 89.9 Å². The molecule has 0 saturated heterocycles. The van der Waals surface area contributed by atoms with E-state index in [1.807, 2.05) is 54.2 Å². The van der Waals surface area contributed by atoms with Crippen LogP contribution in [0.15, 0.2) is 67.4 Å². The highest BCUT2D eigenvalue weighted by molar-refractivity contribution is 6.00. The summed E-state index contributed by atoms with van der Waals surface area (Å²) in [5, 5.41) is 9.04. The molecule has 9 nitrogen and oxygen atoms in total. The predicted molar refractivity (Wildman–Crippen MR) is 136 cm³/mol. The number of nitrogens with zero attached hydrogens (tertiary/aromatic N) is 6. The minimum absolute atomic E-state index is 0.282. The van der Waals surface area contributed by atoms with Gasteiger partial charge in [-0.1, -0.05) is 30.3 Å². The van der Waals surface area contributed by atoms with Crippen molar-refractivity contribution in [1.82, 2.24) is 19.5 Å². The number of aryl methyl sites for hydroxylation is 2. The molecule has 0 unspecified atom stereocenters. The van der Waals surface area contributed by atoms with Crippen molar-refractivity contribution in [3.63, 3.8) is 0 Å². The molecule has 0 atom stereocenters. The monoisotopic (exact) mass is 481 g/mol. The Balaban J connectivity index is 1.51. The van der Waals surface area contributed by atoms with Gasteiger partial charge in [0, 0.05) is 30.9 Å². The number of methoxy groups -OCH3 is 1. The van der Waals surface area contributed by atoms with Crippen molar-refractivity contribution < 1.29 is 9.53 Å². The molecule has 0 saturated carbocycles. The Hall–Kier alpha value is -4.71. The van der Waals surface area contributed by atoms with Gasteiger partial charge in [-0.05, 0) is 36.1 Å². The van der Waals surface area contributed by atoms with E-state index < -0.39 is 5.91 Å². The maximum atomic E-state index is 11.9. The van der Waals surface area contributed by atoms with Crippen LogP contribution < -0.4 is 15.4 Å². The van der Waals surface area contributed by atoms with Crippen LogP contribution in [-0.4, -0.2) is 39.1 Å². The summed E-state index contributed by atoms with van der Waals surface area (Å²) in [6.07, 6.45) is 8.36. The topological polar surface area (TPSA) is 123 Å². The fourth-order valence-electron chi connectivity index (χ4n) is 4.07. The lowest BCUT2D eigenvalue weighted by Crippen LogP contribution is -2.26. The molecule has 9 heteroatoms. The molecule has 0 aliphatic rings. The van der Waals surface area contributed by atoms with Gasteiger partial charge in [-0.2, -0.15) is 5.26 Å². The first kappa shape index (κ1) is 24.4. The quantitative estimate of drug-likeness (QED) is 0.368. The van der Waals surface area contributed by atoms with Gasteiger partial charge in [0.2, 0.25) is 5.91 Å². The number of rotatable bonds is 10. The van der Waals surface area contributed by atoms with E-state index in [4.69, 9.17) is 15.7 Å². The Morgan fingerprint density at radius 2 is 1.97 bits per heavy atom. The molecule has 2 aromatic heterocycles. The van der Waals surface area contributed by atoms with Gasteiger partial charge in [0.15, 0.2) is 5.69 Å². The standard InChI is InChI=1S/C27H27N7O2/c1-33-18-30-15-21(33)17-34(26-16-31-20(13-28)14-32-26)11-5-6-19-9-10-23(25(12-19)36-2)22-7-3-4-8-24(22)27(29)35/h3-4,7-10,12,14-16,18H,5-6,11,17H2,1-2H3,(H2,29,35). The van der Waals surface area contributed by atoms with E-state index in [1.54, 1.807) is 31.8 Å². The molecule has 182 valence electrons. The fourth-order valence-corrected chi connectivity index (χ4v) is 4.07. The molecule has 4 aromatic rings. The molecule has 0 radical (unpaired) electrons. The molecule has 0 fully saturated rings. The normalized spacial score (nSPS) is 10.6. The summed E-state index contributed by atoms with van der Waals surface area (Å²) in [6.45, 7) is 1.34. The van der Waals surface area contributed by atoms with Gasteiger partial charge < -0.3 is 19.9 Å². The zero-order chi connectivity index (χ0) is 25.5. The van der Waals surface area contributed by atoms with E-state index in [1.165, 1.54) is 6.20 Å². The maximum Gasteiger partial charge on any atom is 0.249 e. The number of hydrogen-bond acceptors (Lipinski definition) is 7. The molecule has 36 heavy (non-hydrogen) atoms. The number of aromatic nitrogens is 4. The molecule has 0 spiro atoms. The number of imidazole rings is 1. The molecule has 1 amide bonds. The van der Waals surface area contributed by atoms with E-state index in [2.05, 4.69) is 19.9 Å². The third-order valence-electron chi connectivity index (χ3n) is 5.99. The minimum Gasteiger partial charge on any atom is -0.496 e. The van der Waals surface area contributed by atoms with Gasteiger partial charge in [-0.25, -0.2) is 15.0 Å². The van der Waals surface area contributed by atoms with Gasteiger partial charge in [-0.15, -0.1) is 0 Å². The number of carbonyl (C=O) groups excluding carboxylic acids is 1. The van der Waals surface area contributed by atoms with E-state index >= 15 is 0 Å². The van der Waals surface area contributed by atoms with Crippen LogP contribution in [0, 0.1) is 11.3 Å². The van der Waals surface area contributed by atoms with E-state index in [0.29, 0.717) is 23.7 Å². The number of carbonyl (C=O) groups is 1. The highest BCUT2D eigenvalue weighted by atomic mass is 16.5. The van der Waals surface area contributed by atoms with Crippen LogP contribution in [-0.2, 0) is 20.0 Å². The average Bonchev–Trinajstić information content (AvgIpc) is 3.32. The Morgan fingerprint density at radius 1 is 1.14 bits per heavy atom. The van der Waals surface area contributed by atoms with Gasteiger partial charge in [-0.3, -0.25) is 4.79 Å². The molecule has 2 N–H and O–H groups in total. The summed E-state index contributed by atoms with van der Waals surface area (Å²) < 4.78 is 7.63. The SMILES string of the molecule is COc1cc(CCCN(Cc2cncn2C)c2cnc(C#N)cn2)ccc1-c1ccccc1C(N)=O. The van der Waals surface area contributed by atoms with Crippen molar-refractivity contribution in [2.24, 2.45) is 12.8 Å². The highest BCUT2D eigenvalue weighted by Crippen LogP contribution is 2.33. The first-order valence-electron chi connectivity index (χ1n) is 11.5. The van der Waals surface area contributed by atoms with E-state index in [-0.39, 0.29) is 5.69 Å². The van der Waals surface area contributed by atoms with Crippen LogP contribution in [0.2, 0.25) is 0 Å². The molecule has 2 aromatic carbocycles. The average molecular weight is 482 g/mol. The Labute approximate surface area is 209 Å². The summed E-state index contributed by atoms with van der Waals surface area (Å²) in [4.78, 5) is 26.8. The van der Waals surface area contributed by atoms with Crippen LogP contribution >= 0.6 is 0 Å². The number of hydrogen-bond donors (Lipinski definition) is 1. The molecule has 0 aliphatic heterocycles. The predicted octanol–water partition coefficient (Wildman–Crippen LogP) is 3.50. The minimum atomic E-state index is -0.476. The lowest BCUT2D eigenvalue weighted by atomic mass is 9.96. The van der Waals surface area contributed by atoms with Crippen molar-refractivity contribution >= 4 is 11.7 Å². The van der Waals surface area contributed by atoms with Crippen LogP contribution in [0.25, 0.3) is 11.1 Å². The lowest BCUT2D eigenvalue weighted by Gasteiger charge is -2.23. The highest BCUT2D eigenvalue weighted by Gasteiger charge is 2.15. The first-order valence-corrected chi connectivity index (χ1v) is 11.5. The fraction of sp³-hybridized carbons (Fsp3) is 0.222. The second-order valence-electron chi connectivity index (χ2n) is 8.34. The number of anilines is 1. The summed E-state index contributed by atoms with van der Waals surface area (Å²) in [5.74, 6) is 0.910. The number of nitriles is 1. The molecule has 0 aliphatic carbocycles. The lowest BCUT2D eigenvalue weighted by molar-refractivity contribution is 0.100. The number of nitrogens with two attached hydrogens (primary N) is 1. The maximum absolute atomic E-state index is 11.9. The summed E-state index contributed by atoms with van der Waals surface area (Å²) in [5.41, 5.74) is 10.0. The summed E-state index contributed by atoms with van der Waals surface area (Å²) in [6, 6.07) is 15.3. The third kappa shape index (κ3) is 5.50. The third-order valence-corrected chi connectivity index (χ3v) is 5.99. The second-order valence-corrected chi connectivity index (χ2v) is 8.34. The van der Waals surface area contributed by atoms with Crippen LogP contribution in [0.4, 0.5) is 5.82 Å². The molecular formula is C27H27N7O2. The summed E-state index contributed by atoms with van der Waals surface area (Å²) in [7, 11) is 3.57. The number of ether oxygens (including phenoxy) is 1. The van der Waals surface area contributed by atoms with Gasteiger partial charge in [0.05, 0.1) is 38.1 Å². The van der Waals surface area contributed by atoms with Gasteiger partial charge >= 0.3 is 0 Å². The molecular weight excluding hydrogens is 454 g/mol. The number of amides is 1. The second kappa shape index (κ2) is 11.1. The van der Waals surface area contributed by atoms with Crippen molar-refractivity contribution in [2.75, 3.05) is 18.6 Å². The van der Waals surface area contributed by atoms with Gasteiger partial charge in [0.25, 0.3) is 0 Å². The van der Waals surface area contributed by atoms with Gasteiger partial charge in [0.1, 0.15) is 17.6 Å². The Morgan fingerprint density at radius 3 is 2.64 bits per heavy atom. The van der Waals surface area contributed by atoms with Crippen molar-refractivity contribution in [2.45, 2.75) is 19.4 Å². The van der Waals surface area contributed by atoms with Crippen molar-refractivity contribution in [3.8, 4) is 22.9 Å². The Bertz CT molecular complexity index is 1390. The smallest absolute Gasteiger partial charge is 0.249 e. The first-order chi connectivity index (χ1) is 17.5. The molecule has 4 rings (SSSR count). The van der Waals surface area contributed by atoms with E-state index in [9.17, 15) is 4.79 Å². The zero-order valence-corrected chi connectivity index (χ0v) is 20.3. The zero-order valence-electron chi connectivity index (χ0n) is 20.3. The molecule has 2 heterocycles. The number of benzene rings is 2. The largest absolute Gasteiger partial charge is 0.496 e. The van der Waals surface area contributed by atoms with Crippen LogP contribution in [0.3, 0.4) is 0 Å². The van der Waals surface area contributed by atoms with E-state index in [0.717, 1.165) is 41.8 Å². The molecule has 0 bridgehead atoms. The summed E-state index contributed by atoms with van der Waals surface area (Å²) >= 11 is 0.